The van der Waals surface area contributed by atoms with Crippen molar-refractivity contribution in [2.45, 2.75) is 38.6 Å². The third kappa shape index (κ3) is 5.52. The Morgan fingerprint density at radius 2 is 1.69 bits per heavy atom. The van der Waals surface area contributed by atoms with Crippen molar-refractivity contribution in [2.75, 3.05) is 39.3 Å². The van der Waals surface area contributed by atoms with Crippen LogP contribution in [0.1, 0.15) is 42.9 Å². The number of piperidine rings is 1. The fraction of sp³-hybridized carbons (Fsp3) is 0.440. The van der Waals surface area contributed by atoms with Gasteiger partial charge in [0.1, 0.15) is 0 Å². The van der Waals surface area contributed by atoms with Crippen LogP contribution in [0.25, 0.3) is 0 Å². The molecule has 0 aliphatic carbocycles. The highest BCUT2D eigenvalue weighted by Crippen LogP contribution is 2.32. The third-order valence-corrected chi connectivity index (χ3v) is 5.89. The molecule has 3 rings (SSSR count). The van der Waals surface area contributed by atoms with E-state index in [0.717, 1.165) is 29.8 Å². The van der Waals surface area contributed by atoms with Crippen molar-refractivity contribution in [1.29, 1.82) is 5.41 Å². The van der Waals surface area contributed by atoms with Crippen LogP contribution in [0.3, 0.4) is 0 Å². The number of carbonyl (C=O) groups excluding carboxylic acids is 1. The highest BCUT2D eigenvalue weighted by molar-refractivity contribution is 6.12. The standard InChI is InChI=1S/C25H34N4O3/c1-17(28-25(30)27-2)14-19-15-22(31-3)23(32-4)16-21(19)24(26)18-8-10-20(11-9-18)29-12-6-5-7-13-29/h8-11,15-17,26H,5-7,12-14H2,1-4H3,(H2,27,28,30). The first kappa shape index (κ1) is 23.4. The van der Waals surface area contributed by atoms with E-state index < -0.39 is 0 Å². The molecule has 1 fully saturated rings. The summed E-state index contributed by atoms with van der Waals surface area (Å²) in [6.07, 6.45) is 4.32. The van der Waals surface area contributed by atoms with Crippen LogP contribution in [0.5, 0.6) is 11.5 Å². The van der Waals surface area contributed by atoms with Gasteiger partial charge in [0.25, 0.3) is 0 Å². The number of carbonyl (C=O) groups is 1. The Balaban J connectivity index is 1.89. The molecule has 1 saturated heterocycles. The normalized spacial score (nSPS) is 14.4. The Kier molecular flexibility index (Phi) is 7.98. The minimum absolute atomic E-state index is 0.124. The first-order valence-electron chi connectivity index (χ1n) is 11.1. The van der Waals surface area contributed by atoms with Crippen LogP contribution in [0.4, 0.5) is 10.5 Å². The summed E-state index contributed by atoms with van der Waals surface area (Å²) in [6, 6.07) is 11.6. The van der Waals surface area contributed by atoms with Gasteiger partial charge in [-0.2, -0.15) is 0 Å². The smallest absolute Gasteiger partial charge is 0.314 e. The van der Waals surface area contributed by atoms with Crippen LogP contribution in [0.2, 0.25) is 0 Å². The molecular weight excluding hydrogens is 404 g/mol. The summed E-state index contributed by atoms with van der Waals surface area (Å²) in [7, 11) is 4.78. The molecule has 0 saturated carbocycles. The molecule has 2 aromatic carbocycles. The molecule has 7 heteroatoms. The van der Waals surface area contributed by atoms with E-state index in [9.17, 15) is 4.79 Å². The first-order valence-corrected chi connectivity index (χ1v) is 11.1. The van der Waals surface area contributed by atoms with Crippen molar-refractivity contribution in [3.05, 3.63) is 53.1 Å². The van der Waals surface area contributed by atoms with Gasteiger partial charge in [-0.25, -0.2) is 4.79 Å². The van der Waals surface area contributed by atoms with E-state index in [2.05, 4.69) is 27.7 Å². The lowest BCUT2D eigenvalue weighted by molar-refractivity contribution is 0.240. The molecule has 1 unspecified atom stereocenters. The highest BCUT2D eigenvalue weighted by atomic mass is 16.5. The quantitative estimate of drug-likeness (QED) is 0.544. The van der Waals surface area contributed by atoms with Gasteiger partial charge in [0.15, 0.2) is 11.5 Å². The van der Waals surface area contributed by atoms with Gasteiger partial charge in [-0.1, -0.05) is 12.1 Å². The van der Waals surface area contributed by atoms with E-state index in [0.29, 0.717) is 23.6 Å². The molecule has 2 aromatic rings. The number of ether oxygens (including phenoxy) is 2. The molecule has 172 valence electrons. The monoisotopic (exact) mass is 438 g/mol. The average molecular weight is 439 g/mol. The zero-order valence-corrected chi connectivity index (χ0v) is 19.5. The number of benzene rings is 2. The average Bonchev–Trinajstić information content (AvgIpc) is 2.83. The summed E-state index contributed by atoms with van der Waals surface area (Å²) in [6.45, 7) is 4.12. The molecular formula is C25H34N4O3. The second kappa shape index (κ2) is 10.9. The lowest BCUT2D eigenvalue weighted by Gasteiger charge is -2.29. The Labute approximate surface area is 190 Å². The summed E-state index contributed by atoms with van der Waals surface area (Å²) in [4.78, 5) is 14.1. The van der Waals surface area contributed by atoms with E-state index in [4.69, 9.17) is 14.9 Å². The second-order valence-electron chi connectivity index (χ2n) is 8.16. The lowest BCUT2D eigenvalue weighted by atomic mass is 9.93. The number of hydrogen-bond donors (Lipinski definition) is 3. The summed E-state index contributed by atoms with van der Waals surface area (Å²) in [5, 5.41) is 14.4. The second-order valence-corrected chi connectivity index (χ2v) is 8.16. The van der Waals surface area contributed by atoms with Crippen LogP contribution < -0.4 is 25.0 Å². The molecule has 3 N–H and O–H groups in total. The number of amides is 2. The van der Waals surface area contributed by atoms with Gasteiger partial charge in [-0.15, -0.1) is 0 Å². The van der Waals surface area contributed by atoms with E-state index in [1.54, 1.807) is 21.3 Å². The van der Waals surface area contributed by atoms with Crippen molar-refractivity contribution in [1.82, 2.24) is 10.6 Å². The molecule has 32 heavy (non-hydrogen) atoms. The van der Waals surface area contributed by atoms with Gasteiger partial charge in [-0.05, 0) is 62.4 Å². The topological polar surface area (TPSA) is 86.7 Å². The Hall–Kier alpha value is -3.22. The van der Waals surface area contributed by atoms with Crippen LogP contribution >= 0.6 is 0 Å². The Morgan fingerprint density at radius 3 is 2.28 bits per heavy atom. The summed E-state index contributed by atoms with van der Waals surface area (Å²) >= 11 is 0. The zero-order valence-electron chi connectivity index (χ0n) is 19.5. The molecule has 1 aliphatic rings. The van der Waals surface area contributed by atoms with Crippen molar-refractivity contribution in [3.63, 3.8) is 0 Å². The number of anilines is 1. The molecule has 0 radical (unpaired) electrons. The van der Waals surface area contributed by atoms with E-state index in [1.807, 2.05) is 31.2 Å². The minimum Gasteiger partial charge on any atom is -0.493 e. The Bertz CT molecular complexity index is 937. The number of nitrogens with zero attached hydrogens (tertiary/aromatic N) is 1. The van der Waals surface area contributed by atoms with Crippen molar-refractivity contribution >= 4 is 17.4 Å². The molecule has 0 bridgehead atoms. The van der Waals surface area contributed by atoms with Gasteiger partial charge in [0.2, 0.25) is 0 Å². The fourth-order valence-electron chi connectivity index (χ4n) is 4.15. The summed E-state index contributed by atoms with van der Waals surface area (Å²) in [5.41, 5.74) is 4.14. The van der Waals surface area contributed by atoms with Gasteiger partial charge in [0, 0.05) is 43.0 Å². The number of nitrogens with one attached hydrogen (secondary N) is 3. The molecule has 7 nitrogen and oxygen atoms in total. The predicted octanol–water partition coefficient (Wildman–Crippen LogP) is 3.97. The Morgan fingerprint density at radius 1 is 1.06 bits per heavy atom. The van der Waals surface area contributed by atoms with Gasteiger partial charge in [0.05, 0.1) is 19.9 Å². The van der Waals surface area contributed by atoms with Crippen molar-refractivity contribution < 1.29 is 14.3 Å². The maximum Gasteiger partial charge on any atom is 0.314 e. The molecule has 1 aliphatic heterocycles. The van der Waals surface area contributed by atoms with E-state index >= 15 is 0 Å². The number of rotatable bonds is 8. The van der Waals surface area contributed by atoms with Crippen LogP contribution in [0, 0.1) is 5.41 Å². The first-order chi connectivity index (χ1) is 15.5. The van der Waals surface area contributed by atoms with E-state index in [1.165, 1.54) is 24.9 Å². The summed E-state index contributed by atoms with van der Waals surface area (Å²) in [5.74, 6) is 1.18. The largest absolute Gasteiger partial charge is 0.493 e. The zero-order chi connectivity index (χ0) is 23.1. The SMILES string of the molecule is CNC(=O)NC(C)Cc1cc(OC)c(OC)cc1C(=N)c1ccc(N2CCCCC2)cc1. The molecule has 2 amide bonds. The van der Waals surface area contributed by atoms with Gasteiger partial charge in [-0.3, -0.25) is 5.41 Å². The highest BCUT2D eigenvalue weighted by Gasteiger charge is 2.19. The molecule has 1 heterocycles. The maximum absolute atomic E-state index is 11.7. The van der Waals surface area contributed by atoms with Crippen LogP contribution in [-0.2, 0) is 6.42 Å². The number of hydrogen-bond acceptors (Lipinski definition) is 5. The molecule has 0 aromatic heterocycles. The molecule has 1 atom stereocenters. The lowest BCUT2D eigenvalue weighted by Crippen LogP contribution is -2.40. The number of methoxy groups -OCH3 is 2. The van der Waals surface area contributed by atoms with Gasteiger partial charge < -0.3 is 25.0 Å². The third-order valence-electron chi connectivity index (χ3n) is 5.89. The van der Waals surface area contributed by atoms with Gasteiger partial charge >= 0.3 is 6.03 Å². The predicted molar refractivity (Wildman–Crippen MR) is 129 cm³/mol. The van der Waals surface area contributed by atoms with Crippen LogP contribution in [-0.4, -0.2) is 52.1 Å². The summed E-state index contributed by atoms with van der Waals surface area (Å²) < 4.78 is 11.0. The minimum atomic E-state index is -0.233. The molecule has 0 spiro atoms. The van der Waals surface area contributed by atoms with Crippen LogP contribution in [0.15, 0.2) is 36.4 Å². The number of urea groups is 1. The van der Waals surface area contributed by atoms with Crippen molar-refractivity contribution in [2.24, 2.45) is 0 Å². The maximum atomic E-state index is 11.7. The van der Waals surface area contributed by atoms with Crippen molar-refractivity contribution in [3.8, 4) is 11.5 Å². The fourth-order valence-corrected chi connectivity index (χ4v) is 4.15. The van der Waals surface area contributed by atoms with E-state index in [-0.39, 0.29) is 12.1 Å².